The number of hydrogen-bond acceptors (Lipinski definition) is 7. The molecule has 0 aliphatic carbocycles. The summed E-state index contributed by atoms with van der Waals surface area (Å²) in [5.41, 5.74) is 6.19. The van der Waals surface area contributed by atoms with Crippen LogP contribution in [0.1, 0.15) is 28.5 Å². The highest BCUT2D eigenvalue weighted by Gasteiger charge is 2.28. The number of aliphatic hydroxyl groups is 2. The van der Waals surface area contributed by atoms with Crippen LogP contribution in [0.4, 0.5) is 24.4 Å². The maximum atomic E-state index is 14.9. The van der Waals surface area contributed by atoms with Gasteiger partial charge in [-0.05, 0) is 49.2 Å². The number of carbonyl (C=O) groups excluding carboxylic acids is 2. The van der Waals surface area contributed by atoms with Crippen molar-refractivity contribution in [3.05, 3.63) is 64.9 Å². The van der Waals surface area contributed by atoms with E-state index in [0.29, 0.717) is 30.2 Å². The Morgan fingerprint density at radius 1 is 1.22 bits per heavy atom. The fourth-order valence-electron chi connectivity index (χ4n) is 4.17. The Morgan fingerprint density at radius 3 is 2.57 bits per heavy atom. The van der Waals surface area contributed by atoms with Gasteiger partial charge in [-0.2, -0.15) is 0 Å². The largest absolute Gasteiger partial charge is 0.395 e. The first-order valence-electron chi connectivity index (χ1n) is 11.6. The fourth-order valence-corrected chi connectivity index (χ4v) is 5.29. The van der Waals surface area contributed by atoms with E-state index in [2.05, 4.69) is 10.3 Å². The zero-order chi connectivity index (χ0) is 26.7. The van der Waals surface area contributed by atoms with Crippen LogP contribution in [0.2, 0.25) is 0 Å². The highest BCUT2D eigenvalue weighted by Crippen LogP contribution is 2.39. The van der Waals surface area contributed by atoms with Crippen LogP contribution in [-0.4, -0.2) is 69.3 Å². The molecule has 37 heavy (non-hydrogen) atoms. The molecule has 0 bridgehead atoms. The van der Waals surface area contributed by atoms with Crippen molar-refractivity contribution in [2.45, 2.75) is 26.0 Å². The molecule has 0 saturated carbocycles. The number of aliphatic hydroxyl groups excluding tert-OH is 2. The van der Waals surface area contributed by atoms with Crippen LogP contribution in [0.15, 0.2) is 36.4 Å². The Morgan fingerprint density at radius 2 is 1.92 bits per heavy atom. The van der Waals surface area contributed by atoms with Crippen molar-refractivity contribution in [1.82, 2.24) is 14.8 Å². The number of β-amino-alcohol motifs (C(OH)–C–C–N with tert-alkyl or cyclic N) is 1. The van der Waals surface area contributed by atoms with E-state index in [4.69, 9.17) is 10.8 Å². The fraction of sp³-hybridized carbons (Fsp3) is 0.320. The Labute approximate surface area is 216 Å². The molecule has 1 unspecified atom stereocenters. The first kappa shape index (κ1) is 26.5. The van der Waals surface area contributed by atoms with Crippen molar-refractivity contribution >= 4 is 34.1 Å². The molecule has 2 aromatic heterocycles. The lowest BCUT2D eigenvalue weighted by atomic mass is 10.0. The minimum atomic E-state index is -0.815. The minimum absolute atomic E-state index is 0.0495. The van der Waals surface area contributed by atoms with Crippen LogP contribution in [0.3, 0.4) is 0 Å². The van der Waals surface area contributed by atoms with Crippen molar-refractivity contribution < 1.29 is 28.6 Å². The van der Waals surface area contributed by atoms with E-state index in [1.807, 2.05) is 0 Å². The van der Waals surface area contributed by atoms with Crippen molar-refractivity contribution in [3.63, 3.8) is 0 Å². The zero-order valence-corrected chi connectivity index (χ0v) is 20.9. The van der Waals surface area contributed by atoms with Crippen LogP contribution in [0.5, 0.6) is 0 Å². The normalized spacial score (nSPS) is 14.4. The third-order valence-electron chi connectivity index (χ3n) is 5.83. The molecule has 1 saturated heterocycles. The van der Waals surface area contributed by atoms with Gasteiger partial charge in [0.2, 0.25) is 0 Å². The van der Waals surface area contributed by atoms with Crippen LogP contribution in [0.25, 0.3) is 10.4 Å². The Kier molecular flexibility index (Phi) is 8.00. The number of nitrogens with two attached hydrogens (primary N) is 1. The van der Waals surface area contributed by atoms with E-state index in [1.165, 1.54) is 13.0 Å². The second-order valence-electron chi connectivity index (χ2n) is 8.76. The molecule has 1 aromatic carbocycles. The summed E-state index contributed by atoms with van der Waals surface area (Å²) in [6, 6.07) is 8.60. The summed E-state index contributed by atoms with van der Waals surface area (Å²) in [5.74, 6) is -2.05. The molecule has 1 atom stereocenters. The lowest BCUT2D eigenvalue weighted by Gasteiger charge is -2.17. The maximum Gasteiger partial charge on any atom is 0.320 e. The number of carbonyl (C=O) groups is 2. The van der Waals surface area contributed by atoms with Crippen molar-refractivity contribution in [2.75, 3.05) is 31.6 Å². The number of hydrogen-bond donors (Lipinski definition) is 4. The number of urea groups is 1. The number of halogens is 2. The summed E-state index contributed by atoms with van der Waals surface area (Å²) in [6.45, 7) is 2.96. The summed E-state index contributed by atoms with van der Waals surface area (Å²) < 4.78 is 29.7. The molecule has 12 heteroatoms. The highest BCUT2D eigenvalue weighted by molar-refractivity contribution is 7.20. The van der Waals surface area contributed by atoms with Crippen LogP contribution >= 0.6 is 11.3 Å². The van der Waals surface area contributed by atoms with E-state index in [9.17, 15) is 23.5 Å². The molecule has 3 heterocycles. The van der Waals surface area contributed by atoms with E-state index in [0.717, 1.165) is 23.5 Å². The molecule has 5 N–H and O–H groups in total. The molecule has 1 aliphatic heterocycles. The van der Waals surface area contributed by atoms with Crippen molar-refractivity contribution in [1.29, 1.82) is 0 Å². The van der Waals surface area contributed by atoms with Gasteiger partial charge >= 0.3 is 6.03 Å². The maximum absolute atomic E-state index is 14.9. The highest BCUT2D eigenvalue weighted by atomic mass is 32.1. The first-order chi connectivity index (χ1) is 17.7. The molecule has 0 spiro atoms. The average molecular weight is 532 g/mol. The summed E-state index contributed by atoms with van der Waals surface area (Å²) in [6.07, 6.45) is -0.655. The van der Waals surface area contributed by atoms with Crippen LogP contribution in [-0.2, 0) is 13.0 Å². The molecule has 0 radical (unpaired) electrons. The van der Waals surface area contributed by atoms with E-state index in [1.54, 1.807) is 28.0 Å². The summed E-state index contributed by atoms with van der Waals surface area (Å²) >= 11 is 0.953. The number of benzene rings is 1. The lowest BCUT2D eigenvalue weighted by Crippen LogP contribution is -2.33. The number of nitrogens with one attached hydrogen (secondary N) is 1. The van der Waals surface area contributed by atoms with Gasteiger partial charge in [-0.25, -0.2) is 18.6 Å². The summed E-state index contributed by atoms with van der Waals surface area (Å²) in [5, 5.41) is 21.9. The van der Waals surface area contributed by atoms with Gasteiger partial charge in [-0.1, -0.05) is 6.07 Å². The van der Waals surface area contributed by atoms with Gasteiger partial charge in [-0.3, -0.25) is 4.79 Å². The van der Waals surface area contributed by atoms with Gasteiger partial charge in [0.25, 0.3) is 5.91 Å². The van der Waals surface area contributed by atoms with E-state index in [-0.39, 0.29) is 53.2 Å². The number of amides is 3. The molecule has 3 amide bonds. The van der Waals surface area contributed by atoms with Crippen molar-refractivity contribution in [2.24, 2.45) is 5.73 Å². The molecular weight excluding hydrogens is 504 g/mol. The molecule has 196 valence electrons. The number of primary amides is 1. The van der Waals surface area contributed by atoms with E-state index >= 15 is 0 Å². The van der Waals surface area contributed by atoms with Gasteiger partial charge in [0.05, 0.1) is 36.1 Å². The monoisotopic (exact) mass is 531 g/mol. The third-order valence-corrected chi connectivity index (χ3v) is 6.90. The number of thiophene rings is 1. The Hall–Kier alpha value is -3.61. The molecule has 1 aliphatic rings. The number of nitrogens with zero attached hydrogens (tertiary/aromatic N) is 3. The van der Waals surface area contributed by atoms with E-state index < -0.39 is 23.6 Å². The zero-order valence-electron chi connectivity index (χ0n) is 20.1. The molecule has 9 nitrogen and oxygen atoms in total. The average Bonchev–Trinajstić information content (AvgIpc) is 3.37. The van der Waals surface area contributed by atoms with Crippen molar-refractivity contribution in [3.8, 4) is 10.4 Å². The molecular formula is C25H27F2N5O4S. The SMILES string of the molecule is CC(O)Cc1cc(F)c(-c2cc(C(N)=O)c(Nc3cccc(CN4CCN(CCO)C4=O)n3)s2)c(F)c1. The van der Waals surface area contributed by atoms with Gasteiger partial charge in [0.1, 0.15) is 22.5 Å². The smallest absolute Gasteiger partial charge is 0.320 e. The van der Waals surface area contributed by atoms with Gasteiger partial charge < -0.3 is 31.1 Å². The van der Waals surface area contributed by atoms with Crippen LogP contribution < -0.4 is 11.1 Å². The quantitative estimate of drug-likeness (QED) is 0.318. The second-order valence-corrected chi connectivity index (χ2v) is 9.81. The minimum Gasteiger partial charge on any atom is -0.395 e. The van der Waals surface area contributed by atoms with Gasteiger partial charge in [0.15, 0.2) is 0 Å². The number of pyridine rings is 1. The first-order valence-corrected chi connectivity index (χ1v) is 12.5. The summed E-state index contributed by atoms with van der Waals surface area (Å²) in [7, 11) is 0. The number of anilines is 2. The predicted octanol–water partition coefficient (Wildman–Crippen LogP) is 3.08. The van der Waals surface area contributed by atoms with Crippen LogP contribution in [0, 0.1) is 11.6 Å². The van der Waals surface area contributed by atoms with Gasteiger partial charge in [-0.15, -0.1) is 11.3 Å². The van der Waals surface area contributed by atoms with Gasteiger partial charge in [0, 0.05) is 24.5 Å². The second kappa shape index (κ2) is 11.2. The summed E-state index contributed by atoms with van der Waals surface area (Å²) in [4.78, 5) is 32.4. The molecule has 4 rings (SSSR count). The predicted molar refractivity (Wildman–Crippen MR) is 136 cm³/mol. The number of aromatic nitrogens is 1. The topological polar surface area (TPSA) is 132 Å². The number of rotatable bonds is 10. The standard InChI is InChI=1S/C25H27F2N5O4S/c1-14(34)9-15-10-18(26)22(19(27)11-15)20-12-17(23(28)35)24(37-20)30-21-4-2-3-16(29-21)13-32-6-5-31(7-8-33)25(32)36/h2-4,10-12,14,33-34H,5-9,13H2,1H3,(H2,28,35)(H,29,30). The third kappa shape index (κ3) is 6.04. The molecule has 1 fully saturated rings. The lowest BCUT2D eigenvalue weighted by molar-refractivity contribution is 0.100. The molecule has 3 aromatic rings. The Bertz CT molecular complexity index is 1290. The Balaban J connectivity index is 1.57.